The molecule has 21 heavy (non-hydrogen) atoms. The maximum absolute atomic E-state index is 12.4. The van der Waals surface area contributed by atoms with E-state index < -0.39 is 22.0 Å². The average molecular weight is 313 g/mol. The molecule has 0 radical (unpaired) electrons. The number of methoxy groups -OCH3 is 1. The molecule has 1 amide bonds. The number of hydrogen-bond acceptors (Lipinski definition) is 6. The van der Waals surface area contributed by atoms with Crippen molar-refractivity contribution in [3.05, 3.63) is 23.8 Å². The third-order valence-corrected chi connectivity index (χ3v) is 4.56. The topological polar surface area (TPSA) is 128 Å². The number of nitrogens with one attached hydrogen (secondary N) is 2. The van der Waals surface area contributed by atoms with Crippen molar-refractivity contribution in [1.82, 2.24) is 10.0 Å². The van der Waals surface area contributed by atoms with Crippen LogP contribution in [-0.2, 0) is 19.6 Å². The van der Waals surface area contributed by atoms with E-state index >= 15 is 0 Å². The number of carbonyl (C=O) groups excluding carboxylic acids is 2. The van der Waals surface area contributed by atoms with Gasteiger partial charge in [-0.15, -0.1) is 0 Å². The second kappa shape index (κ2) is 5.70. The van der Waals surface area contributed by atoms with Gasteiger partial charge in [-0.25, -0.2) is 17.9 Å². The molecular weight excluding hydrogens is 298 g/mol. The van der Waals surface area contributed by atoms with Crippen molar-refractivity contribution in [2.45, 2.75) is 17.4 Å². The van der Waals surface area contributed by atoms with Gasteiger partial charge in [-0.05, 0) is 18.2 Å². The molecule has 9 heteroatoms. The number of nitrogen functional groups attached to an aromatic ring is 1. The van der Waals surface area contributed by atoms with Gasteiger partial charge in [0.05, 0.1) is 17.6 Å². The van der Waals surface area contributed by atoms with Crippen molar-refractivity contribution in [3.8, 4) is 0 Å². The predicted molar refractivity (Wildman–Crippen MR) is 73.9 cm³/mol. The largest absolute Gasteiger partial charge is 0.465 e. The Balaban J connectivity index is 2.36. The number of ether oxygens (including phenoxy) is 1. The van der Waals surface area contributed by atoms with Crippen LogP contribution in [0, 0.1) is 0 Å². The third kappa shape index (κ3) is 3.31. The summed E-state index contributed by atoms with van der Waals surface area (Å²) >= 11 is 0. The molecule has 1 unspecified atom stereocenters. The molecule has 4 N–H and O–H groups in total. The highest BCUT2D eigenvalue weighted by molar-refractivity contribution is 7.89. The number of carbonyl (C=O) groups is 2. The van der Waals surface area contributed by atoms with Gasteiger partial charge in [0.25, 0.3) is 0 Å². The lowest BCUT2D eigenvalue weighted by molar-refractivity contribution is -0.119. The smallest absolute Gasteiger partial charge is 0.339 e. The minimum absolute atomic E-state index is 0.0507. The van der Waals surface area contributed by atoms with E-state index in [-0.39, 0.29) is 35.0 Å². The minimum Gasteiger partial charge on any atom is -0.465 e. The first-order chi connectivity index (χ1) is 9.83. The lowest BCUT2D eigenvalue weighted by Gasteiger charge is -2.14. The molecular formula is C12H15N3O5S. The molecule has 0 bridgehead atoms. The molecule has 2 rings (SSSR count). The number of amides is 1. The SMILES string of the molecule is COC(=O)c1ccc(N)cc1S(=O)(=O)NC1CNC(=O)C1. The Kier molecular flexibility index (Phi) is 4.14. The Hall–Kier alpha value is -2.13. The Morgan fingerprint density at radius 3 is 2.76 bits per heavy atom. The zero-order chi connectivity index (χ0) is 15.6. The van der Waals surface area contributed by atoms with Crippen LogP contribution in [0.5, 0.6) is 0 Å². The van der Waals surface area contributed by atoms with Crippen LogP contribution in [0.15, 0.2) is 23.1 Å². The number of benzene rings is 1. The minimum atomic E-state index is -4.00. The van der Waals surface area contributed by atoms with Gasteiger partial charge in [-0.1, -0.05) is 0 Å². The Morgan fingerprint density at radius 1 is 1.48 bits per heavy atom. The van der Waals surface area contributed by atoms with Crippen LogP contribution in [0.2, 0.25) is 0 Å². The molecule has 1 aliphatic heterocycles. The maximum atomic E-state index is 12.4. The summed E-state index contributed by atoms with van der Waals surface area (Å²) in [5.41, 5.74) is 5.67. The summed E-state index contributed by atoms with van der Waals surface area (Å²) in [6, 6.07) is 3.31. The molecule has 0 saturated carbocycles. The van der Waals surface area contributed by atoms with Crippen LogP contribution >= 0.6 is 0 Å². The van der Waals surface area contributed by atoms with E-state index in [1.54, 1.807) is 0 Å². The Labute approximate surface area is 121 Å². The summed E-state index contributed by atoms with van der Waals surface area (Å²) in [6.45, 7) is 0.202. The van der Waals surface area contributed by atoms with E-state index in [0.29, 0.717) is 0 Å². The van der Waals surface area contributed by atoms with Crippen LogP contribution in [0.25, 0.3) is 0 Å². The summed E-state index contributed by atoms with van der Waals surface area (Å²) in [5, 5.41) is 2.52. The fraction of sp³-hybridized carbons (Fsp3) is 0.333. The van der Waals surface area contributed by atoms with Crippen LogP contribution in [0.4, 0.5) is 5.69 Å². The van der Waals surface area contributed by atoms with Gasteiger partial charge in [0.1, 0.15) is 0 Å². The quantitative estimate of drug-likeness (QED) is 0.494. The number of esters is 1. The number of hydrogen-bond donors (Lipinski definition) is 3. The Morgan fingerprint density at radius 2 is 2.19 bits per heavy atom. The fourth-order valence-electron chi connectivity index (χ4n) is 2.01. The predicted octanol–water partition coefficient (Wildman–Crippen LogP) is -0.778. The van der Waals surface area contributed by atoms with Gasteiger partial charge in [0.2, 0.25) is 15.9 Å². The molecule has 0 aliphatic carbocycles. The molecule has 8 nitrogen and oxygen atoms in total. The van der Waals surface area contributed by atoms with E-state index in [9.17, 15) is 18.0 Å². The van der Waals surface area contributed by atoms with E-state index in [1.165, 1.54) is 18.2 Å². The molecule has 114 valence electrons. The van der Waals surface area contributed by atoms with Crippen molar-refractivity contribution in [2.75, 3.05) is 19.4 Å². The van der Waals surface area contributed by atoms with Gasteiger partial charge >= 0.3 is 5.97 Å². The number of sulfonamides is 1. The molecule has 1 aromatic rings. The standard InChI is InChI=1S/C12H15N3O5S/c1-20-12(17)9-3-2-7(13)4-10(9)21(18,19)15-8-5-11(16)14-6-8/h2-4,8,15H,5-6,13H2,1H3,(H,14,16). The van der Waals surface area contributed by atoms with E-state index in [2.05, 4.69) is 14.8 Å². The van der Waals surface area contributed by atoms with Gasteiger partial charge in [-0.3, -0.25) is 4.79 Å². The number of anilines is 1. The van der Waals surface area contributed by atoms with Crippen molar-refractivity contribution >= 4 is 27.6 Å². The zero-order valence-corrected chi connectivity index (χ0v) is 12.1. The highest BCUT2D eigenvalue weighted by atomic mass is 32.2. The molecule has 1 atom stereocenters. The molecule has 1 aliphatic rings. The second-order valence-corrected chi connectivity index (χ2v) is 6.26. The van der Waals surface area contributed by atoms with Gasteiger partial charge in [0, 0.05) is 24.7 Å². The third-order valence-electron chi connectivity index (χ3n) is 3.00. The summed E-state index contributed by atoms with van der Waals surface area (Å²) < 4.78 is 31.7. The number of nitrogens with two attached hydrogens (primary N) is 1. The van der Waals surface area contributed by atoms with E-state index in [4.69, 9.17) is 5.73 Å². The van der Waals surface area contributed by atoms with Crippen LogP contribution in [0.1, 0.15) is 16.8 Å². The van der Waals surface area contributed by atoms with Crippen LogP contribution in [0.3, 0.4) is 0 Å². The molecule has 1 fully saturated rings. The lowest BCUT2D eigenvalue weighted by Crippen LogP contribution is -2.37. The summed E-state index contributed by atoms with van der Waals surface area (Å²) in [5.74, 6) is -1.01. The lowest BCUT2D eigenvalue weighted by atomic mass is 10.2. The first-order valence-electron chi connectivity index (χ1n) is 6.10. The van der Waals surface area contributed by atoms with Crippen LogP contribution in [-0.4, -0.2) is 40.0 Å². The van der Waals surface area contributed by atoms with E-state index in [0.717, 1.165) is 7.11 Å². The summed E-state index contributed by atoms with van der Waals surface area (Å²) in [7, 11) is -2.84. The van der Waals surface area contributed by atoms with Gasteiger partial charge in [0.15, 0.2) is 0 Å². The monoisotopic (exact) mass is 313 g/mol. The fourth-order valence-corrected chi connectivity index (χ4v) is 3.48. The van der Waals surface area contributed by atoms with Crippen molar-refractivity contribution < 1.29 is 22.7 Å². The van der Waals surface area contributed by atoms with Crippen molar-refractivity contribution in [3.63, 3.8) is 0 Å². The highest BCUT2D eigenvalue weighted by Gasteiger charge is 2.29. The summed E-state index contributed by atoms with van der Waals surface area (Å²) in [6.07, 6.45) is 0.0507. The Bertz CT molecular complexity index is 686. The molecule has 1 aromatic carbocycles. The zero-order valence-electron chi connectivity index (χ0n) is 11.3. The first kappa shape index (κ1) is 15.3. The molecule has 1 saturated heterocycles. The number of rotatable bonds is 4. The molecule has 0 spiro atoms. The van der Waals surface area contributed by atoms with Crippen LogP contribution < -0.4 is 15.8 Å². The average Bonchev–Trinajstić information content (AvgIpc) is 2.82. The summed E-state index contributed by atoms with van der Waals surface area (Å²) in [4.78, 5) is 22.5. The van der Waals surface area contributed by atoms with Gasteiger partial charge < -0.3 is 15.8 Å². The second-order valence-electron chi connectivity index (χ2n) is 4.57. The molecule has 1 heterocycles. The molecule has 0 aromatic heterocycles. The normalized spacial score (nSPS) is 18.3. The van der Waals surface area contributed by atoms with Crippen molar-refractivity contribution in [2.24, 2.45) is 0 Å². The van der Waals surface area contributed by atoms with E-state index in [1.807, 2.05) is 0 Å². The first-order valence-corrected chi connectivity index (χ1v) is 7.58. The maximum Gasteiger partial charge on any atom is 0.339 e. The van der Waals surface area contributed by atoms with Crippen molar-refractivity contribution in [1.29, 1.82) is 0 Å². The van der Waals surface area contributed by atoms with Gasteiger partial charge in [-0.2, -0.15) is 0 Å². The highest BCUT2D eigenvalue weighted by Crippen LogP contribution is 2.21.